The Kier molecular flexibility index (Phi) is 2.59. The molecule has 2 rings (SSSR count). The van der Waals surface area contributed by atoms with Gasteiger partial charge < -0.3 is 5.32 Å². The van der Waals surface area contributed by atoms with Gasteiger partial charge in [0.05, 0.1) is 0 Å². The molecule has 1 amide bonds. The lowest BCUT2D eigenvalue weighted by molar-refractivity contribution is 0.0924. The molecule has 74 valence electrons. The van der Waals surface area contributed by atoms with Gasteiger partial charge >= 0.3 is 0 Å². The van der Waals surface area contributed by atoms with Crippen LogP contribution in [0.15, 0.2) is 22.7 Å². The van der Waals surface area contributed by atoms with Gasteiger partial charge in [0, 0.05) is 16.1 Å². The van der Waals surface area contributed by atoms with Gasteiger partial charge in [0.2, 0.25) is 0 Å². The number of hydrogen-bond donors (Lipinski definition) is 1. The number of hydrogen-bond acceptors (Lipinski definition) is 1. The fourth-order valence-electron chi connectivity index (χ4n) is 1.79. The highest BCUT2D eigenvalue weighted by Gasteiger charge is 2.23. The highest BCUT2D eigenvalue weighted by atomic mass is 79.9. The summed E-state index contributed by atoms with van der Waals surface area (Å²) in [6.45, 7) is 2.09. The van der Waals surface area contributed by atoms with Crippen molar-refractivity contribution in [1.29, 1.82) is 0 Å². The van der Waals surface area contributed by atoms with Crippen LogP contribution in [0.1, 0.15) is 29.3 Å². The number of benzene rings is 1. The van der Waals surface area contributed by atoms with Crippen LogP contribution in [0, 0.1) is 0 Å². The Labute approximate surface area is 91.8 Å². The molecule has 1 heterocycles. The second-order valence-electron chi connectivity index (χ2n) is 3.55. The Morgan fingerprint density at radius 3 is 3.07 bits per heavy atom. The minimum atomic E-state index is 0.0550. The Morgan fingerprint density at radius 1 is 1.57 bits per heavy atom. The third kappa shape index (κ3) is 1.57. The van der Waals surface area contributed by atoms with E-state index in [-0.39, 0.29) is 11.9 Å². The van der Waals surface area contributed by atoms with Crippen LogP contribution in [0.2, 0.25) is 0 Å². The molecular weight excluding hydrogens is 242 g/mol. The van der Waals surface area contributed by atoms with Crippen LogP contribution < -0.4 is 5.32 Å². The molecule has 1 aromatic rings. The van der Waals surface area contributed by atoms with Crippen molar-refractivity contribution in [2.75, 3.05) is 0 Å². The fourth-order valence-corrected chi connectivity index (χ4v) is 2.31. The van der Waals surface area contributed by atoms with Crippen molar-refractivity contribution in [2.45, 2.75) is 25.8 Å². The molecule has 0 fully saturated rings. The predicted octanol–water partition coefficient (Wildman–Crippen LogP) is 2.51. The van der Waals surface area contributed by atoms with E-state index in [9.17, 15) is 4.79 Å². The summed E-state index contributed by atoms with van der Waals surface area (Å²) in [6.07, 6.45) is 1.91. The number of fused-ring (bicyclic) bond motifs is 1. The van der Waals surface area contributed by atoms with Gasteiger partial charge in [-0.2, -0.15) is 0 Å². The van der Waals surface area contributed by atoms with Crippen molar-refractivity contribution in [3.8, 4) is 0 Å². The largest absolute Gasteiger partial charge is 0.349 e. The van der Waals surface area contributed by atoms with Gasteiger partial charge in [-0.05, 0) is 30.5 Å². The molecule has 0 aliphatic carbocycles. The van der Waals surface area contributed by atoms with Crippen LogP contribution in [-0.4, -0.2) is 11.9 Å². The molecule has 1 atom stereocenters. The molecule has 3 heteroatoms. The first kappa shape index (κ1) is 9.71. The van der Waals surface area contributed by atoms with Crippen LogP contribution in [0.25, 0.3) is 0 Å². The summed E-state index contributed by atoms with van der Waals surface area (Å²) < 4.78 is 1.04. The zero-order valence-corrected chi connectivity index (χ0v) is 9.60. The van der Waals surface area contributed by atoms with Crippen LogP contribution in [-0.2, 0) is 6.42 Å². The van der Waals surface area contributed by atoms with Crippen molar-refractivity contribution in [2.24, 2.45) is 0 Å². The van der Waals surface area contributed by atoms with Crippen LogP contribution in [0.3, 0.4) is 0 Å². The third-order valence-corrected chi connectivity index (χ3v) is 3.38. The first-order valence-corrected chi connectivity index (χ1v) is 5.60. The minimum absolute atomic E-state index is 0.0550. The molecule has 1 aliphatic heterocycles. The van der Waals surface area contributed by atoms with Gasteiger partial charge in [-0.3, -0.25) is 4.79 Å². The highest BCUT2D eigenvalue weighted by Crippen LogP contribution is 2.25. The molecule has 0 spiro atoms. The van der Waals surface area contributed by atoms with Crippen molar-refractivity contribution < 1.29 is 4.79 Å². The molecule has 1 aliphatic rings. The van der Waals surface area contributed by atoms with E-state index in [1.807, 2.05) is 18.2 Å². The molecule has 1 unspecified atom stereocenters. The van der Waals surface area contributed by atoms with Gasteiger partial charge in [0.25, 0.3) is 5.91 Å². The first-order valence-electron chi connectivity index (χ1n) is 4.80. The smallest absolute Gasteiger partial charge is 0.251 e. The monoisotopic (exact) mass is 253 g/mol. The van der Waals surface area contributed by atoms with E-state index in [2.05, 4.69) is 28.2 Å². The Balaban J connectivity index is 2.45. The second kappa shape index (κ2) is 3.73. The van der Waals surface area contributed by atoms with E-state index in [1.165, 1.54) is 0 Å². The standard InChI is InChI=1S/C11H12BrNO/c1-2-7-6-9-8(11(14)13-7)4-3-5-10(9)12/h3-5,7H,2,6H2,1H3,(H,13,14). The maximum absolute atomic E-state index is 11.7. The lowest BCUT2D eigenvalue weighted by Crippen LogP contribution is -2.41. The summed E-state index contributed by atoms with van der Waals surface area (Å²) in [5.74, 6) is 0.0550. The van der Waals surface area contributed by atoms with Crippen molar-refractivity contribution in [3.63, 3.8) is 0 Å². The van der Waals surface area contributed by atoms with Gasteiger partial charge in [0.15, 0.2) is 0 Å². The van der Waals surface area contributed by atoms with E-state index in [4.69, 9.17) is 0 Å². The fraction of sp³-hybridized carbons (Fsp3) is 0.364. The number of carbonyl (C=O) groups is 1. The Morgan fingerprint density at radius 2 is 2.36 bits per heavy atom. The third-order valence-electron chi connectivity index (χ3n) is 2.64. The topological polar surface area (TPSA) is 29.1 Å². The quantitative estimate of drug-likeness (QED) is 0.819. The zero-order chi connectivity index (χ0) is 10.1. The molecule has 0 saturated heterocycles. The van der Waals surface area contributed by atoms with Crippen LogP contribution in [0.5, 0.6) is 0 Å². The molecule has 14 heavy (non-hydrogen) atoms. The molecule has 1 aromatic carbocycles. The molecule has 0 saturated carbocycles. The van der Waals surface area contributed by atoms with Crippen molar-refractivity contribution >= 4 is 21.8 Å². The number of halogens is 1. The summed E-state index contributed by atoms with van der Waals surface area (Å²) in [5, 5.41) is 2.99. The van der Waals surface area contributed by atoms with Crippen molar-refractivity contribution in [1.82, 2.24) is 5.32 Å². The van der Waals surface area contributed by atoms with Crippen molar-refractivity contribution in [3.05, 3.63) is 33.8 Å². The molecular formula is C11H12BrNO. The lowest BCUT2D eigenvalue weighted by atomic mass is 9.94. The summed E-state index contributed by atoms with van der Waals surface area (Å²) in [4.78, 5) is 11.7. The Bertz CT molecular complexity index is 376. The summed E-state index contributed by atoms with van der Waals surface area (Å²) in [7, 11) is 0. The molecule has 0 bridgehead atoms. The van der Waals surface area contributed by atoms with Crippen LogP contribution >= 0.6 is 15.9 Å². The molecule has 0 aromatic heterocycles. The van der Waals surface area contributed by atoms with Gasteiger partial charge in [-0.15, -0.1) is 0 Å². The summed E-state index contributed by atoms with van der Waals surface area (Å²) >= 11 is 3.49. The molecule has 0 radical (unpaired) electrons. The second-order valence-corrected chi connectivity index (χ2v) is 4.40. The highest BCUT2D eigenvalue weighted by molar-refractivity contribution is 9.10. The normalized spacial score (nSPS) is 20.1. The van der Waals surface area contributed by atoms with Gasteiger partial charge in [-0.25, -0.2) is 0 Å². The number of amides is 1. The van der Waals surface area contributed by atoms with Gasteiger partial charge in [-0.1, -0.05) is 28.9 Å². The Hall–Kier alpha value is -0.830. The van der Waals surface area contributed by atoms with E-state index in [1.54, 1.807) is 0 Å². The van der Waals surface area contributed by atoms with Crippen LogP contribution in [0.4, 0.5) is 0 Å². The number of rotatable bonds is 1. The summed E-state index contributed by atoms with van der Waals surface area (Å²) in [6, 6.07) is 6.05. The van der Waals surface area contributed by atoms with Gasteiger partial charge in [0.1, 0.15) is 0 Å². The zero-order valence-electron chi connectivity index (χ0n) is 8.01. The van der Waals surface area contributed by atoms with E-state index < -0.39 is 0 Å². The average Bonchev–Trinajstić information content (AvgIpc) is 2.19. The maximum Gasteiger partial charge on any atom is 0.251 e. The summed E-state index contributed by atoms with van der Waals surface area (Å²) in [5.41, 5.74) is 1.95. The molecule has 1 N–H and O–H groups in total. The number of nitrogens with one attached hydrogen (secondary N) is 1. The number of carbonyl (C=O) groups excluding carboxylic acids is 1. The molecule has 2 nitrogen and oxygen atoms in total. The SMILES string of the molecule is CCC1Cc2c(Br)cccc2C(=O)N1. The minimum Gasteiger partial charge on any atom is -0.349 e. The van der Waals surface area contributed by atoms with E-state index in [0.717, 1.165) is 28.4 Å². The average molecular weight is 254 g/mol. The lowest BCUT2D eigenvalue weighted by Gasteiger charge is -2.25. The predicted molar refractivity (Wildman–Crippen MR) is 59.4 cm³/mol. The van der Waals surface area contributed by atoms with E-state index in [0.29, 0.717) is 0 Å². The first-order chi connectivity index (χ1) is 6.72. The maximum atomic E-state index is 11.7. The van der Waals surface area contributed by atoms with E-state index >= 15 is 0 Å².